The van der Waals surface area contributed by atoms with Crippen LogP contribution >= 0.6 is 0 Å². The van der Waals surface area contributed by atoms with Gasteiger partial charge < -0.3 is 10.2 Å². The van der Waals surface area contributed by atoms with Crippen LogP contribution < -0.4 is 0 Å². The van der Waals surface area contributed by atoms with Crippen molar-refractivity contribution in [3.05, 3.63) is 71.5 Å². The van der Waals surface area contributed by atoms with Gasteiger partial charge >= 0.3 is 0 Å². The molecule has 2 atom stereocenters. The van der Waals surface area contributed by atoms with Gasteiger partial charge in [-0.1, -0.05) is 36.4 Å². The molecular formula is C20H13FO2. The van der Waals surface area contributed by atoms with E-state index in [0.717, 1.165) is 37.9 Å². The quantitative estimate of drug-likeness (QED) is 0.474. The van der Waals surface area contributed by atoms with Crippen LogP contribution in [0.5, 0.6) is 0 Å². The first kappa shape index (κ1) is 13.0. The highest BCUT2D eigenvalue weighted by Gasteiger charge is 2.30. The maximum Gasteiger partial charge on any atom is 0.123 e. The van der Waals surface area contributed by atoms with Gasteiger partial charge in [-0.2, -0.15) is 0 Å². The Morgan fingerprint density at radius 1 is 0.696 bits per heavy atom. The summed E-state index contributed by atoms with van der Waals surface area (Å²) in [5, 5.41) is 26.5. The van der Waals surface area contributed by atoms with Crippen LogP contribution in [0.25, 0.3) is 32.3 Å². The first-order chi connectivity index (χ1) is 11.1. The summed E-state index contributed by atoms with van der Waals surface area (Å²) in [5.41, 5.74) is 1.43. The second kappa shape index (κ2) is 4.28. The maximum atomic E-state index is 13.7. The summed E-state index contributed by atoms with van der Waals surface area (Å²) in [6.07, 6.45) is -1.93. The summed E-state index contributed by atoms with van der Waals surface area (Å²) in [6, 6.07) is 16.2. The van der Waals surface area contributed by atoms with Gasteiger partial charge in [0, 0.05) is 0 Å². The lowest BCUT2D eigenvalue weighted by Gasteiger charge is -2.28. The van der Waals surface area contributed by atoms with Gasteiger partial charge in [0.1, 0.15) is 18.0 Å². The van der Waals surface area contributed by atoms with E-state index < -0.39 is 12.2 Å². The first-order valence-electron chi connectivity index (χ1n) is 7.59. The van der Waals surface area contributed by atoms with E-state index in [0.29, 0.717) is 5.56 Å². The summed E-state index contributed by atoms with van der Waals surface area (Å²) >= 11 is 0. The third kappa shape index (κ3) is 1.58. The second-order valence-electron chi connectivity index (χ2n) is 6.15. The number of hydrogen-bond donors (Lipinski definition) is 2. The molecule has 0 aliphatic heterocycles. The molecule has 0 unspecified atom stereocenters. The third-order valence-corrected chi connectivity index (χ3v) is 4.92. The Kier molecular flexibility index (Phi) is 2.42. The molecule has 0 saturated carbocycles. The Morgan fingerprint density at radius 2 is 1.48 bits per heavy atom. The van der Waals surface area contributed by atoms with Gasteiger partial charge in [-0.3, -0.25) is 0 Å². The Labute approximate surface area is 131 Å². The number of hydrogen-bond acceptors (Lipinski definition) is 2. The van der Waals surface area contributed by atoms with Gasteiger partial charge in [0.05, 0.1) is 0 Å². The van der Waals surface area contributed by atoms with Gasteiger partial charge in [0.25, 0.3) is 0 Å². The molecule has 5 rings (SSSR count). The lowest BCUT2D eigenvalue weighted by molar-refractivity contribution is 0.0179. The molecule has 0 amide bonds. The zero-order chi connectivity index (χ0) is 15.7. The molecule has 2 N–H and O–H groups in total. The van der Waals surface area contributed by atoms with E-state index in [4.69, 9.17) is 0 Å². The van der Waals surface area contributed by atoms with Crippen LogP contribution in [0.3, 0.4) is 0 Å². The number of fused-ring (bicyclic) bond motifs is 2. The van der Waals surface area contributed by atoms with E-state index in [1.807, 2.05) is 36.4 Å². The molecule has 0 heterocycles. The van der Waals surface area contributed by atoms with Crippen molar-refractivity contribution >= 4 is 32.3 Å². The maximum absolute atomic E-state index is 13.7. The van der Waals surface area contributed by atoms with Crippen LogP contribution in [-0.2, 0) is 0 Å². The molecule has 1 aliphatic rings. The summed E-state index contributed by atoms with van der Waals surface area (Å²) in [6.45, 7) is 0. The van der Waals surface area contributed by atoms with Crippen LogP contribution in [0.4, 0.5) is 4.39 Å². The number of aliphatic hydroxyl groups is 2. The highest BCUT2D eigenvalue weighted by Crippen LogP contribution is 2.46. The van der Waals surface area contributed by atoms with Crippen LogP contribution in [0.15, 0.2) is 54.6 Å². The van der Waals surface area contributed by atoms with Crippen molar-refractivity contribution in [3.8, 4) is 0 Å². The van der Waals surface area contributed by atoms with E-state index in [1.54, 1.807) is 6.07 Å². The molecule has 0 radical (unpaired) electrons. The molecule has 0 fully saturated rings. The van der Waals surface area contributed by atoms with Gasteiger partial charge in [-0.15, -0.1) is 0 Å². The predicted octanol–water partition coefficient (Wildman–Crippen LogP) is 4.37. The van der Waals surface area contributed by atoms with Gasteiger partial charge in [0.2, 0.25) is 0 Å². The largest absolute Gasteiger partial charge is 0.385 e. The van der Waals surface area contributed by atoms with Crippen molar-refractivity contribution in [1.29, 1.82) is 0 Å². The van der Waals surface area contributed by atoms with Gasteiger partial charge in [0.15, 0.2) is 0 Å². The van der Waals surface area contributed by atoms with Crippen molar-refractivity contribution in [1.82, 2.24) is 0 Å². The number of aliphatic hydroxyl groups excluding tert-OH is 2. The molecule has 0 aromatic heterocycles. The smallest absolute Gasteiger partial charge is 0.123 e. The normalized spacial score (nSPS) is 20.0. The Bertz CT molecular complexity index is 1120. The molecule has 0 saturated heterocycles. The minimum Gasteiger partial charge on any atom is -0.385 e. The van der Waals surface area contributed by atoms with Crippen LogP contribution in [0, 0.1) is 5.82 Å². The first-order valence-corrected chi connectivity index (χ1v) is 7.59. The fraction of sp³-hybridized carbons (Fsp3) is 0.100. The number of halogens is 1. The molecule has 4 aromatic carbocycles. The van der Waals surface area contributed by atoms with Gasteiger partial charge in [-0.05, 0) is 61.6 Å². The molecule has 0 bridgehead atoms. The third-order valence-electron chi connectivity index (χ3n) is 4.92. The predicted molar refractivity (Wildman–Crippen MR) is 88.8 cm³/mol. The SMILES string of the molecule is O[C@@H]1c2cccc3ccc4c5cc(F)ccc5cc(c4c23)[C@H]1O. The highest BCUT2D eigenvalue weighted by molar-refractivity contribution is 6.20. The Morgan fingerprint density at radius 3 is 2.35 bits per heavy atom. The lowest BCUT2D eigenvalue weighted by atomic mass is 9.81. The zero-order valence-electron chi connectivity index (χ0n) is 12.1. The summed E-state index contributed by atoms with van der Waals surface area (Å²) < 4.78 is 13.7. The van der Waals surface area contributed by atoms with E-state index >= 15 is 0 Å². The molecule has 23 heavy (non-hydrogen) atoms. The Hall–Kier alpha value is -2.49. The van der Waals surface area contributed by atoms with Crippen molar-refractivity contribution < 1.29 is 14.6 Å². The van der Waals surface area contributed by atoms with E-state index in [-0.39, 0.29) is 5.82 Å². The number of rotatable bonds is 0. The average Bonchev–Trinajstić information content (AvgIpc) is 2.58. The van der Waals surface area contributed by atoms with Crippen molar-refractivity contribution in [3.63, 3.8) is 0 Å². The lowest BCUT2D eigenvalue weighted by Crippen LogP contribution is -2.15. The molecule has 1 aliphatic carbocycles. The van der Waals surface area contributed by atoms with Crippen molar-refractivity contribution in [2.75, 3.05) is 0 Å². The molecular weight excluding hydrogens is 291 g/mol. The molecule has 112 valence electrons. The molecule has 0 spiro atoms. The zero-order valence-corrected chi connectivity index (χ0v) is 12.1. The van der Waals surface area contributed by atoms with Crippen LogP contribution in [-0.4, -0.2) is 10.2 Å². The number of benzene rings is 4. The second-order valence-corrected chi connectivity index (χ2v) is 6.15. The molecule has 4 aromatic rings. The highest BCUT2D eigenvalue weighted by atomic mass is 19.1. The minimum absolute atomic E-state index is 0.280. The van der Waals surface area contributed by atoms with E-state index in [2.05, 4.69) is 0 Å². The minimum atomic E-state index is -0.979. The van der Waals surface area contributed by atoms with Crippen molar-refractivity contribution in [2.45, 2.75) is 12.2 Å². The molecule has 3 heteroatoms. The van der Waals surface area contributed by atoms with Crippen LogP contribution in [0.1, 0.15) is 23.3 Å². The van der Waals surface area contributed by atoms with Gasteiger partial charge in [-0.25, -0.2) is 4.39 Å². The molecule has 2 nitrogen and oxygen atoms in total. The fourth-order valence-corrected chi connectivity index (χ4v) is 3.88. The van der Waals surface area contributed by atoms with Crippen molar-refractivity contribution in [2.24, 2.45) is 0 Å². The average molecular weight is 304 g/mol. The monoisotopic (exact) mass is 304 g/mol. The van der Waals surface area contributed by atoms with E-state index in [1.165, 1.54) is 12.1 Å². The summed E-state index contributed by atoms with van der Waals surface area (Å²) in [7, 11) is 0. The fourth-order valence-electron chi connectivity index (χ4n) is 3.88. The summed E-state index contributed by atoms with van der Waals surface area (Å²) in [4.78, 5) is 0. The summed E-state index contributed by atoms with van der Waals surface area (Å²) in [5.74, 6) is -0.280. The Balaban J connectivity index is 2.13. The van der Waals surface area contributed by atoms with E-state index in [9.17, 15) is 14.6 Å². The van der Waals surface area contributed by atoms with Crippen LogP contribution in [0.2, 0.25) is 0 Å². The topological polar surface area (TPSA) is 40.5 Å². The standard InChI is InChI=1S/C20H13FO2/c21-12-6-4-11-8-16-18-13(15(11)9-12)7-5-10-2-1-3-14(17(10)18)19(22)20(16)23/h1-9,19-20,22-23H/t19-,20-/m1/s1.